The Morgan fingerprint density at radius 2 is 1.12 bits per heavy atom. The zero-order valence-electron chi connectivity index (χ0n) is 23.1. The molecule has 0 bridgehead atoms. The van der Waals surface area contributed by atoms with Crippen LogP contribution >= 0.6 is 0 Å². The third-order valence-electron chi connectivity index (χ3n) is 5.20. The molecule has 9 heteroatoms. The predicted octanol–water partition coefficient (Wildman–Crippen LogP) is 5.93. The van der Waals surface area contributed by atoms with Gasteiger partial charge in [-0.3, -0.25) is 0 Å². The first-order valence-corrected chi connectivity index (χ1v) is 12.6. The van der Waals surface area contributed by atoms with Crippen molar-refractivity contribution < 1.29 is 42.9 Å². The first-order chi connectivity index (χ1) is 19.0. The molecule has 0 saturated heterocycles. The molecule has 0 aliphatic rings. The van der Waals surface area contributed by atoms with Crippen molar-refractivity contribution in [3.05, 3.63) is 84.5 Å². The highest BCUT2D eigenvalue weighted by atomic mass is 16.6. The van der Waals surface area contributed by atoms with Crippen molar-refractivity contribution in [3.63, 3.8) is 0 Å². The van der Waals surface area contributed by atoms with E-state index in [1.807, 2.05) is 0 Å². The number of rotatable bonds is 15. The molecule has 0 fully saturated rings. The van der Waals surface area contributed by atoms with Gasteiger partial charge in [0.25, 0.3) is 0 Å². The van der Waals surface area contributed by atoms with Crippen LogP contribution in [0.2, 0.25) is 0 Å². The molecule has 0 aliphatic carbocycles. The van der Waals surface area contributed by atoms with Crippen molar-refractivity contribution in [1.29, 1.82) is 0 Å². The van der Waals surface area contributed by atoms with Crippen LogP contribution in [0.4, 0.5) is 0 Å². The second-order valence-corrected chi connectivity index (χ2v) is 9.04. The van der Waals surface area contributed by atoms with Gasteiger partial charge in [-0.05, 0) is 88.9 Å². The summed E-state index contributed by atoms with van der Waals surface area (Å²) in [5, 5.41) is 0. The number of carbonyl (C=O) groups excluding carboxylic acids is 4. The fourth-order valence-corrected chi connectivity index (χ4v) is 2.98. The highest BCUT2D eigenvalue weighted by Crippen LogP contribution is 2.30. The van der Waals surface area contributed by atoms with E-state index in [2.05, 4.69) is 19.7 Å². The molecule has 2 aromatic rings. The fourth-order valence-electron chi connectivity index (χ4n) is 2.98. The largest absolute Gasteiger partial charge is 0.494 e. The van der Waals surface area contributed by atoms with E-state index in [0.717, 1.165) is 25.7 Å². The van der Waals surface area contributed by atoms with E-state index in [1.54, 1.807) is 31.2 Å². The Labute approximate surface area is 234 Å². The molecule has 0 N–H and O–H groups in total. The molecular weight excluding hydrogens is 516 g/mol. The quantitative estimate of drug-likeness (QED) is 0.115. The summed E-state index contributed by atoms with van der Waals surface area (Å²) in [7, 11) is 0. The fraction of sp³-hybridized carbons (Fsp3) is 0.290. The average Bonchev–Trinajstić information content (AvgIpc) is 2.91. The Balaban J connectivity index is 1.89. The Kier molecular flexibility index (Phi) is 12.4. The third-order valence-corrected chi connectivity index (χ3v) is 5.20. The van der Waals surface area contributed by atoms with Crippen molar-refractivity contribution in [2.75, 3.05) is 13.2 Å². The maximum Gasteiger partial charge on any atom is 0.343 e. The van der Waals surface area contributed by atoms with Crippen LogP contribution in [0.5, 0.6) is 23.0 Å². The van der Waals surface area contributed by atoms with Crippen LogP contribution in [0, 0.1) is 0 Å². The van der Waals surface area contributed by atoms with Gasteiger partial charge >= 0.3 is 23.9 Å². The van der Waals surface area contributed by atoms with Crippen LogP contribution in [-0.4, -0.2) is 37.1 Å². The van der Waals surface area contributed by atoms with Crippen molar-refractivity contribution in [3.8, 4) is 23.0 Å². The van der Waals surface area contributed by atoms with Crippen LogP contribution in [0.15, 0.2) is 78.9 Å². The van der Waals surface area contributed by atoms with E-state index in [9.17, 15) is 19.2 Å². The first-order valence-electron chi connectivity index (χ1n) is 12.6. The second-order valence-electron chi connectivity index (χ2n) is 9.04. The van der Waals surface area contributed by atoms with Gasteiger partial charge in [-0.2, -0.15) is 0 Å². The van der Waals surface area contributed by atoms with Crippen molar-refractivity contribution >= 4 is 23.9 Å². The number of hydrogen-bond acceptors (Lipinski definition) is 9. The summed E-state index contributed by atoms with van der Waals surface area (Å²) in [4.78, 5) is 48.1. The molecule has 0 radical (unpaired) electrons. The van der Waals surface area contributed by atoms with Crippen molar-refractivity contribution in [2.24, 2.45) is 0 Å². The van der Waals surface area contributed by atoms with Gasteiger partial charge in [0, 0.05) is 16.7 Å². The second kappa shape index (κ2) is 15.7. The molecule has 0 heterocycles. The van der Waals surface area contributed by atoms with Crippen LogP contribution in [0.1, 0.15) is 56.8 Å². The summed E-state index contributed by atoms with van der Waals surface area (Å²) in [5.74, 6) is -1.86. The topological polar surface area (TPSA) is 114 Å². The van der Waals surface area contributed by atoms with Gasteiger partial charge in [0.1, 0.15) is 11.5 Å². The van der Waals surface area contributed by atoms with Crippen molar-refractivity contribution in [1.82, 2.24) is 0 Å². The Bertz CT molecular complexity index is 1270. The van der Waals surface area contributed by atoms with Crippen LogP contribution in [0.3, 0.4) is 0 Å². The van der Waals surface area contributed by atoms with E-state index < -0.39 is 17.9 Å². The molecule has 0 amide bonds. The first kappa shape index (κ1) is 31.6. The van der Waals surface area contributed by atoms with E-state index in [4.69, 9.17) is 23.7 Å². The van der Waals surface area contributed by atoms with E-state index >= 15 is 0 Å². The summed E-state index contributed by atoms with van der Waals surface area (Å²) in [6, 6.07) is 10.5. The van der Waals surface area contributed by atoms with Gasteiger partial charge in [0.2, 0.25) is 0 Å². The summed E-state index contributed by atoms with van der Waals surface area (Å²) in [6.45, 7) is 16.0. The SMILES string of the molecule is C=C(C)C(=O)OCCCCCCOc1ccc(OC(=O)c2ccc(OC(=O)C(=C)C)c(OC(=O)C(=C)C)c2)cc1. The number of unbranched alkanes of at least 4 members (excludes halogenated alkanes) is 3. The molecule has 0 unspecified atom stereocenters. The van der Waals surface area contributed by atoms with Gasteiger partial charge in [-0.25, -0.2) is 19.2 Å². The van der Waals surface area contributed by atoms with Gasteiger partial charge in [0.15, 0.2) is 11.5 Å². The smallest absolute Gasteiger partial charge is 0.343 e. The number of carbonyl (C=O) groups is 4. The van der Waals surface area contributed by atoms with Crippen LogP contribution < -0.4 is 18.9 Å². The molecule has 2 aromatic carbocycles. The van der Waals surface area contributed by atoms with E-state index in [0.29, 0.717) is 24.5 Å². The molecule has 0 aromatic heterocycles. The maximum atomic E-state index is 12.7. The lowest BCUT2D eigenvalue weighted by atomic mass is 10.2. The lowest BCUT2D eigenvalue weighted by molar-refractivity contribution is -0.139. The highest BCUT2D eigenvalue weighted by molar-refractivity contribution is 5.94. The zero-order valence-corrected chi connectivity index (χ0v) is 23.1. The Morgan fingerprint density at radius 1 is 0.600 bits per heavy atom. The molecule has 212 valence electrons. The third kappa shape index (κ3) is 10.6. The number of benzene rings is 2. The summed E-state index contributed by atoms with van der Waals surface area (Å²) >= 11 is 0. The normalized spacial score (nSPS) is 10.2. The van der Waals surface area contributed by atoms with Gasteiger partial charge in [0.05, 0.1) is 18.8 Å². The molecule has 0 aliphatic heterocycles. The number of ether oxygens (including phenoxy) is 5. The Morgan fingerprint density at radius 3 is 1.70 bits per heavy atom. The van der Waals surface area contributed by atoms with Crippen LogP contribution in [0.25, 0.3) is 0 Å². The van der Waals surface area contributed by atoms with Crippen LogP contribution in [-0.2, 0) is 19.1 Å². The minimum absolute atomic E-state index is 0.0631. The minimum atomic E-state index is -0.752. The number of hydrogen-bond donors (Lipinski definition) is 0. The monoisotopic (exact) mass is 550 g/mol. The zero-order chi connectivity index (χ0) is 29.7. The average molecular weight is 551 g/mol. The molecule has 9 nitrogen and oxygen atoms in total. The number of esters is 4. The summed E-state index contributed by atoms with van der Waals surface area (Å²) in [6.07, 6.45) is 3.45. The van der Waals surface area contributed by atoms with Crippen molar-refractivity contribution in [2.45, 2.75) is 46.5 Å². The highest BCUT2D eigenvalue weighted by Gasteiger charge is 2.19. The van der Waals surface area contributed by atoms with Gasteiger partial charge < -0.3 is 23.7 Å². The predicted molar refractivity (Wildman–Crippen MR) is 148 cm³/mol. The van der Waals surface area contributed by atoms with Gasteiger partial charge in [-0.15, -0.1) is 0 Å². The molecule has 0 spiro atoms. The summed E-state index contributed by atoms with van der Waals surface area (Å²) in [5.41, 5.74) is 0.720. The van der Waals surface area contributed by atoms with E-state index in [1.165, 1.54) is 32.0 Å². The molecule has 40 heavy (non-hydrogen) atoms. The lowest BCUT2D eigenvalue weighted by Crippen LogP contribution is -2.14. The lowest BCUT2D eigenvalue weighted by Gasteiger charge is -2.12. The maximum absolute atomic E-state index is 12.7. The molecule has 0 saturated carbocycles. The molecule has 0 atom stereocenters. The minimum Gasteiger partial charge on any atom is -0.494 e. The Hall–Kier alpha value is -4.66. The standard InChI is InChI=1S/C31H34O9/c1-20(2)28(32)37-18-10-8-7-9-17-36-24-12-14-25(15-13-24)38-31(35)23-11-16-26(39-29(33)21(3)4)27(19-23)40-30(34)22(5)6/h11-16,19H,1,3,5,7-10,17-18H2,2,4,6H3. The molecular formula is C31H34O9. The van der Waals surface area contributed by atoms with Gasteiger partial charge in [-0.1, -0.05) is 19.7 Å². The molecule has 2 rings (SSSR count). The van der Waals surface area contributed by atoms with E-state index in [-0.39, 0.29) is 39.9 Å². The summed E-state index contributed by atoms with van der Waals surface area (Å²) < 4.78 is 26.6.